The molecule has 1 atom stereocenters. The van der Waals surface area contributed by atoms with Crippen LogP contribution in [0.4, 0.5) is 0 Å². The van der Waals surface area contributed by atoms with Gasteiger partial charge in [-0.1, -0.05) is 0 Å². The van der Waals surface area contributed by atoms with Gasteiger partial charge in [0.1, 0.15) is 6.04 Å². The van der Waals surface area contributed by atoms with Gasteiger partial charge in [0.15, 0.2) is 0 Å². The van der Waals surface area contributed by atoms with Crippen molar-refractivity contribution in [1.82, 2.24) is 9.21 Å². The van der Waals surface area contributed by atoms with Crippen molar-refractivity contribution in [2.75, 3.05) is 25.9 Å². The monoisotopic (exact) mass is 278 g/mol. The van der Waals surface area contributed by atoms with Crippen LogP contribution >= 0.6 is 0 Å². The molecule has 1 unspecified atom stereocenters. The molecule has 1 aliphatic heterocycles. The van der Waals surface area contributed by atoms with E-state index in [2.05, 4.69) is 0 Å². The molecule has 7 nitrogen and oxygen atoms in total. The summed E-state index contributed by atoms with van der Waals surface area (Å²) in [5, 5.41) is 8.76. The van der Waals surface area contributed by atoms with Gasteiger partial charge in [-0.15, -0.1) is 0 Å². The van der Waals surface area contributed by atoms with E-state index in [-0.39, 0.29) is 24.6 Å². The third kappa shape index (κ3) is 3.42. The summed E-state index contributed by atoms with van der Waals surface area (Å²) in [6, 6.07) is -0.910. The minimum Gasteiger partial charge on any atom is -0.480 e. The summed E-state index contributed by atoms with van der Waals surface area (Å²) in [6.45, 7) is 1.97. The van der Waals surface area contributed by atoms with Crippen molar-refractivity contribution >= 4 is 21.9 Å². The summed E-state index contributed by atoms with van der Waals surface area (Å²) >= 11 is 0. The lowest BCUT2D eigenvalue weighted by Crippen LogP contribution is -2.41. The van der Waals surface area contributed by atoms with Gasteiger partial charge < -0.3 is 10.0 Å². The van der Waals surface area contributed by atoms with Crippen LogP contribution in [-0.2, 0) is 19.6 Å². The minimum absolute atomic E-state index is 0.00729. The van der Waals surface area contributed by atoms with Crippen molar-refractivity contribution in [2.24, 2.45) is 0 Å². The number of likely N-dealkylation sites (N-methyl/N-ethyl adjacent to an activating group) is 1. The number of carbonyl (C=O) groups excluding carboxylic acids is 1. The van der Waals surface area contributed by atoms with E-state index in [0.717, 1.165) is 4.90 Å². The zero-order chi connectivity index (χ0) is 13.9. The molecule has 0 spiro atoms. The first-order chi connectivity index (χ1) is 8.25. The van der Waals surface area contributed by atoms with E-state index in [1.54, 1.807) is 0 Å². The van der Waals surface area contributed by atoms with Crippen molar-refractivity contribution in [3.05, 3.63) is 0 Å². The van der Waals surface area contributed by atoms with Gasteiger partial charge in [-0.05, 0) is 13.3 Å². The molecule has 104 valence electrons. The van der Waals surface area contributed by atoms with Crippen LogP contribution in [0.2, 0.25) is 0 Å². The van der Waals surface area contributed by atoms with Crippen molar-refractivity contribution in [1.29, 1.82) is 0 Å². The van der Waals surface area contributed by atoms with Crippen LogP contribution in [0.3, 0.4) is 0 Å². The Hall–Kier alpha value is -1.15. The van der Waals surface area contributed by atoms with Crippen LogP contribution in [0.1, 0.15) is 19.8 Å². The largest absolute Gasteiger partial charge is 0.480 e. The highest BCUT2D eigenvalue weighted by Crippen LogP contribution is 2.14. The van der Waals surface area contributed by atoms with E-state index < -0.39 is 22.0 Å². The van der Waals surface area contributed by atoms with Gasteiger partial charge in [0.2, 0.25) is 15.9 Å². The fourth-order valence-corrected chi connectivity index (χ4v) is 3.25. The molecule has 0 bridgehead atoms. The SMILES string of the molecule is CC(C(=O)O)N(C)C(=O)CCN1CCCS1(=O)=O. The van der Waals surface area contributed by atoms with Gasteiger partial charge in [0, 0.05) is 26.6 Å². The fourth-order valence-electron chi connectivity index (χ4n) is 1.72. The van der Waals surface area contributed by atoms with Crippen LogP contribution in [0.5, 0.6) is 0 Å². The van der Waals surface area contributed by atoms with Crippen LogP contribution in [-0.4, -0.2) is 66.5 Å². The summed E-state index contributed by atoms with van der Waals surface area (Å²) in [6.07, 6.45) is 0.589. The second-order valence-electron chi connectivity index (χ2n) is 4.34. The summed E-state index contributed by atoms with van der Waals surface area (Å²) in [7, 11) is -1.80. The standard InChI is InChI=1S/C10H18N2O5S/c1-8(10(14)15)11(2)9(13)4-6-12-5-3-7-18(12,16)17/h8H,3-7H2,1-2H3,(H,14,15). The van der Waals surface area contributed by atoms with E-state index >= 15 is 0 Å². The van der Waals surface area contributed by atoms with Crippen LogP contribution in [0.15, 0.2) is 0 Å². The second-order valence-corrected chi connectivity index (χ2v) is 6.43. The summed E-state index contributed by atoms with van der Waals surface area (Å²) in [5.41, 5.74) is 0. The Bertz CT molecular complexity index is 434. The molecule has 0 saturated carbocycles. The van der Waals surface area contributed by atoms with E-state index in [4.69, 9.17) is 5.11 Å². The molecular weight excluding hydrogens is 260 g/mol. The molecule has 0 aromatic rings. The van der Waals surface area contributed by atoms with Crippen LogP contribution < -0.4 is 0 Å². The average molecular weight is 278 g/mol. The Morgan fingerprint density at radius 3 is 2.50 bits per heavy atom. The minimum atomic E-state index is -3.20. The van der Waals surface area contributed by atoms with Crippen LogP contribution in [0, 0.1) is 0 Å². The van der Waals surface area contributed by atoms with E-state index in [0.29, 0.717) is 13.0 Å². The lowest BCUT2D eigenvalue weighted by Gasteiger charge is -2.22. The lowest BCUT2D eigenvalue weighted by atomic mass is 10.2. The molecule has 1 saturated heterocycles. The lowest BCUT2D eigenvalue weighted by molar-refractivity contribution is -0.148. The maximum Gasteiger partial charge on any atom is 0.326 e. The normalized spacial score (nSPS) is 20.6. The van der Waals surface area contributed by atoms with Crippen molar-refractivity contribution in [3.8, 4) is 0 Å². The third-order valence-corrected chi connectivity index (χ3v) is 5.07. The Morgan fingerprint density at radius 2 is 2.06 bits per heavy atom. The number of carbonyl (C=O) groups is 2. The molecule has 1 aliphatic rings. The first-order valence-electron chi connectivity index (χ1n) is 5.72. The maximum absolute atomic E-state index is 11.7. The van der Waals surface area contributed by atoms with Gasteiger partial charge >= 0.3 is 5.97 Å². The predicted octanol–water partition coefficient (Wildman–Crippen LogP) is -0.656. The van der Waals surface area contributed by atoms with Crippen molar-refractivity contribution in [2.45, 2.75) is 25.8 Å². The molecular formula is C10H18N2O5S. The summed E-state index contributed by atoms with van der Waals surface area (Å²) in [4.78, 5) is 23.5. The third-order valence-electron chi connectivity index (χ3n) is 3.11. The van der Waals surface area contributed by atoms with Gasteiger partial charge in [-0.2, -0.15) is 0 Å². The number of carboxylic acids is 1. The number of hydrogen-bond donors (Lipinski definition) is 1. The Morgan fingerprint density at radius 1 is 1.44 bits per heavy atom. The molecule has 0 aliphatic carbocycles. The molecule has 0 aromatic carbocycles. The molecule has 8 heteroatoms. The zero-order valence-electron chi connectivity index (χ0n) is 10.5. The van der Waals surface area contributed by atoms with E-state index in [1.807, 2.05) is 0 Å². The molecule has 1 fully saturated rings. The highest BCUT2D eigenvalue weighted by molar-refractivity contribution is 7.89. The molecule has 0 radical (unpaired) electrons. The zero-order valence-corrected chi connectivity index (χ0v) is 11.3. The maximum atomic E-state index is 11.7. The van der Waals surface area contributed by atoms with E-state index in [1.165, 1.54) is 18.3 Å². The van der Waals surface area contributed by atoms with Gasteiger partial charge in [0.05, 0.1) is 5.75 Å². The Balaban J connectivity index is 2.49. The van der Waals surface area contributed by atoms with Gasteiger partial charge in [-0.3, -0.25) is 4.79 Å². The highest BCUT2D eigenvalue weighted by atomic mass is 32.2. The number of hydrogen-bond acceptors (Lipinski definition) is 4. The fraction of sp³-hybridized carbons (Fsp3) is 0.800. The number of carboxylic acid groups (broad SMARTS) is 1. The molecule has 1 N–H and O–H groups in total. The number of rotatable bonds is 5. The summed E-state index contributed by atoms with van der Waals surface area (Å²) < 4.78 is 24.3. The quantitative estimate of drug-likeness (QED) is 0.720. The molecule has 1 rings (SSSR count). The smallest absolute Gasteiger partial charge is 0.326 e. The number of nitrogens with zero attached hydrogens (tertiary/aromatic N) is 2. The van der Waals surface area contributed by atoms with Crippen molar-refractivity contribution in [3.63, 3.8) is 0 Å². The highest BCUT2D eigenvalue weighted by Gasteiger charge is 2.29. The van der Waals surface area contributed by atoms with Crippen LogP contribution in [0.25, 0.3) is 0 Å². The topological polar surface area (TPSA) is 95.0 Å². The predicted molar refractivity (Wildman–Crippen MR) is 64.5 cm³/mol. The molecule has 1 amide bonds. The Labute approximate surface area is 106 Å². The number of sulfonamides is 1. The molecule has 18 heavy (non-hydrogen) atoms. The van der Waals surface area contributed by atoms with Crippen molar-refractivity contribution < 1.29 is 23.1 Å². The molecule has 1 heterocycles. The Kier molecular flexibility index (Phi) is 4.69. The number of aliphatic carboxylic acids is 1. The first-order valence-corrected chi connectivity index (χ1v) is 7.33. The van der Waals surface area contributed by atoms with E-state index in [9.17, 15) is 18.0 Å². The molecule has 0 aromatic heterocycles. The average Bonchev–Trinajstić information content (AvgIpc) is 2.63. The second kappa shape index (κ2) is 5.66. The number of amides is 1. The summed E-state index contributed by atoms with van der Waals surface area (Å²) in [5.74, 6) is -1.32. The first kappa shape index (κ1) is 14.9. The van der Waals surface area contributed by atoms with Gasteiger partial charge in [-0.25, -0.2) is 17.5 Å². The van der Waals surface area contributed by atoms with Gasteiger partial charge in [0.25, 0.3) is 0 Å².